The van der Waals surface area contributed by atoms with Crippen molar-refractivity contribution in [2.24, 2.45) is 11.7 Å². The summed E-state index contributed by atoms with van der Waals surface area (Å²) in [6.07, 6.45) is 1.77. The number of aromatic nitrogens is 1. The summed E-state index contributed by atoms with van der Waals surface area (Å²) in [7, 11) is 0. The average Bonchev–Trinajstić information content (AvgIpc) is 2.52. The van der Waals surface area contributed by atoms with Crippen molar-refractivity contribution in [1.29, 1.82) is 0 Å². The van der Waals surface area contributed by atoms with Crippen LogP contribution < -0.4 is 16.0 Å². The molecule has 1 amide bonds. The van der Waals surface area contributed by atoms with Gasteiger partial charge >= 0.3 is 0 Å². The molecule has 1 aliphatic heterocycles. The third-order valence-corrected chi connectivity index (χ3v) is 3.65. The van der Waals surface area contributed by atoms with Crippen LogP contribution in [0.5, 0.6) is 0 Å². The SMILES string of the molecule is CC(C)[C@H](N)C(=O)NCc1cccnc1N1CCOCC1.Cl. The smallest absolute Gasteiger partial charge is 0.237 e. The lowest BCUT2D eigenvalue weighted by Crippen LogP contribution is -2.44. The fourth-order valence-corrected chi connectivity index (χ4v) is 2.23. The van der Waals surface area contributed by atoms with E-state index < -0.39 is 6.04 Å². The molecule has 1 fully saturated rings. The molecule has 6 nitrogen and oxygen atoms in total. The summed E-state index contributed by atoms with van der Waals surface area (Å²) < 4.78 is 5.36. The zero-order chi connectivity index (χ0) is 15.2. The van der Waals surface area contributed by atoms with Crippen LogP contribution in [0.3, 0.4) is 0 Å². The van der Waals surface area contributed by atoms with Crippen molar-refractivity contribution in [2.75, 3.05) is 31.2 Å². The Balaban J connectivity index is 0.00000242. The Morgan fingerprint density at radius 2 is 2.14 bits per heavy atom. The maximum atomic E-state index is 12.0. The van der Waals surface area contributed by atoms with Crippen LogP contribution in [0.4, 0.5) is 5.82 Å². The fraction of sp³-hybridized carbons (Fsp3) is 0.600. The molecular formula is C15H25ClN4O2. The van der Waals surface area contributed by atoms with Crippen LogP contribution in [0.1, 0.15) is 19.4 Å². The molecule has 0 aromatic carbocycles. The maximum Gasteiger partial charge on any atom is 0.237 e. The van der Waals surface area contributed by atoms with E-state index in [4.69, 9.17) is 10.5 Å². The van der Waals surface area contributed by atoms with Gasteiger partial charge in [-0.2, -0.15) is 0 Å². The highest BCUT2D eigenvalue weighted by Gasteiger charge is 2.19. The van der Waals surface area contributed by atoms with Gasteiger partial charge in [0.1, 0.15) is 5.82 Å². The topological polar surface area (TPSA) is 80.5 Å². The van der Waals surface area contributed by atoms with E-state index in [2.05, 4.69) is 15.2 Å². The number of morpholine rings is 1. The molecule has 1 aromatic rings. The molecular weight excluding hydrogens is 304 g/mol. The molecule has 1 atom stereocenters. The maximum absolute atomic E-state index is 12.0. The Morgan fingerprint density at radius 3 is 2.77 bits per heavy atom. The molecule has 1 saturated heterocycles. The molecule has 0 radical (unpaired) electrons. The molecule has 0 spiro atoms. The molecule has 1 aliphatic rings. The van der Waals surface area contributed by atoms with E-state index in [1.165, 1.54) is 0 Å². The number of carbonyl (C=O) groups is 1. The summed E-state index contributed by atoms with van der Waals surface area (Å²) in [5.74, 6) is 0.915. The second-order valence-electron chi connectivity index (χ2n) is 5.57. The van der Waals surface area contributed by atoms with Gasteiger partial charge in [0, 0.05) is 31.4 Å². The highest BCUT2D eigenvalue weighted by atomic mass is 35.5. The minimum atomic E-state index is -0.478. The number of rotatable bonds is 5. The van der Waals surface area contributed by atoms with Gasteiger partial charge in [-0.15, -0.1) is 12.4 Å². The van der Waals surface area contributed by atoms with E-state index in [0.717, 1.165) is 24.5 Å². The number of anilines is 1. The van der Waals surface area contributed by atoms with Gasteiger partial charge < -0.3 is 20.7 Å². The van der Waals surface area contributed by atoms with Crippen molar-refractivity contribution in [3.05, 3.63) is 23.9 Å². The third-order valence-electron chi connectivity index (χ3n) is 3.65. The second-order valence-corrected chi connectivity index (χ2v) is 5.57. The van der Waals surface area contributed by atoms with Crippen molar-refractivity contribution in [3.63, 3.8) is 0 Å². The molecule has 0 saturated carbocycles. The first-order valence-corrected chi connectivity index (χ1v) is 7.39. The molecule has 3 N–H and O–H groups in total. The number of nitrogens with one attached hydrogen (secondary N) is 1. The van der Waals surface area contributed by atoms with Gasteiger partial charge in [0.25, 0.3) is 0 Å². The van der Waals surface area contributed by atoms with Crippen molar-refractivity contribution < 1.29 is 9.53 Å². The molecule has 1 aromatic heterocycles. The summed E-state index contributed by atoms with van der Waals surface area (Å²) >= 11 is 0. The second kappa shape index (κ2) is 8.92. The predicted octanol–water partition coefficient (Wildman–Crippen LogP) is 0.939. The Hall–Kier alpha value is -1.37. The Labute approximate surface area is 137 Å². The van der Waals surface area contributed by atoms with Gasteiger partial charge in [0.15, 0.2) is 0 Å². The number of halogens is 1. The van der Waals surface area contributed by atoms with Crippen molar-refractivity contribution in [2.45, 2.75) is 26.4 Å². The molecule has 2 heterocycles. The summed E-state index contributed by atoms with van der Waals surface area (Å²) in [6.45, 7) is 7.38. The summed E-state index contributed by atoms with van der Waals surface area (Å²) in [4.78, 5) is 18.6. The lowest BCUT2D eigenvalue weighted by Gasteiger charge is -2.29. The largest absolute Gasteiger partial charge is 0.378 e. The standard InChI is InChI=1S/C15H24N4O2.ClH/c1-11(2)13(16)15(20)18-10-12-4-3-5-17-14(12)19-6-8-21-9-7-19;/h3-5,11,13H,6-10,16H2,1-2H3,(H,18,20);1H/t13-;/m0./s1. The van der Waals surface area contributed by atoms with Crippen molar-refractivity contribution >= 4 is 24.1 Å². The first kappa shape index (κ1) is 18.7. The normalized spacial score (nSPS) is 16.1. The van der Waals surface area contributed by atoms with E-state index in [9.17, 15) is 4.79 Å². The summed E-state index contributed by atoms with van der Waals surface area (Å²) in [5.41, 5.74) is 6.85. The van der Waals surface area contributed by atoms with E-state index in [0.29, 0.717) is 19.8 Å². The molecule has 7 heteroatoms. The number of nitrogens with two attached hydrogens (primary N) is 1. The van der Waals surface area contributed by atoms with E-state index in [1.54, 1.807) is 6.20 Å². The van der Waals surface area contributed by atoms with E-state index in [1.807, 2.05) is 26.0 Å². The number of carbonyl (C=O) groups excluding carboxylic acids is 1. The predicted molar refractivity (Wildman–Crippen MR) is 89.2 cm³/mol. The average molecular weight is 329 g/mol. The van der Waals surface area contributed by atoms with E-state index >= 15 is 0 Å². The van der Waals surface area contributed by atoms with Crippen molar-refractivity contribution in [3.8, 4) is 0 Å². The number of nitrogens with zero attached hydrogens (tertiary/aromatic N) is 2. The van der Waals surface area contributed by atoms with Gasteiger partial charge in [0.05, 0.1) is 19.3 Å². The van der Waals surface area contributed by atoms with Crippen LogP contribution in [-0.2, 0) is 16.1 Å². The van der Waals surface area contributed by atoms with Crippen LogP contribution in [0.15, 0.2) is 18.3 Å². The Bertz CT molecular complexity index is 478. The van der Waals surface area contributed by atoms with E-state index in [-0.39, 0.29) is 24.2 Å². The number of hydrogen-bond acceptors (Lipinski definition) is 5. The minimum absolute atomic E-state index is 0. The number of hydrogen-bond donors (Lipinski definition) is 2. The van der Waals surface area contributed by atoms with Gasteiger partial charge in [-0.05, 0) is 12.0 Å². The highest BCUT2D eigenvalue weighted by molar-refractivity contribution is 5.85. The first-order chi connectivity index (χ1) is 10.1. The molecule has 2 rings (SSSR count). The first-order valence-electron chi connectivity index (χ1n) is 7.39. The fourth-order valence-electron chi connectivity index (χ4n) is 2.23. The van der Waals surface area contributed by atoms with Gasteiger partial charge in [0.2, 0.25) is 5.91 Å². The number of ether oxygens (including phenoxy) is 1. The van der Waals surface area contributed by atoms with Crippen LogP contribution in [0.25, 0.3) is 0 Å². The molecule has 0 bridgehead atoms. The Morgan fingerprint density at radius 1 is 1.45 bits per heavy atom. The Kier molecular flexibility index (Phi) is 7.58. The molecule has 22 heavy (non-hydrogen) atoms. The summed E-state index contributed by atoms with van der Waals surface area (Å²) in [6, 6.07) is 3.39. The van der Waals surface area contributed by atoms with Gasteiger partial charge in [-0.25, -0.2) is 4.98 Å². The lowest BCUT2D eigenvalue weighted by molar-refractivity contribution is -0.123. The number of amides is 1. The van der Waals surface area contributed by atoms with Crippen LogP contribution in [0.2, 0.25) is 0 Å². The highest BCUT2D eigenvalue weighted by Crippen LogP contribution is 2.18. The van der Waals surface area contributed by atoms with Crippen LogP contribution >= 0.6 is 12.4 Å². The van der Waals surface area contributed by atoms with Crippen LogP contribution in [-0.4, -0.2) is 43.2 Å². The van der Waals surface area contributed by atoms with Gasteiger partial charge in [-0.1, -0.05) is 19.9 Å². The lowest BCUT2D eigenvalue weighted by atomic mass is 10.0. The summed E-state index contributed by atoms with van der Waals surface area (Å²) in [5, 5.41) is 2.90. The molecule has 124 valence electrons. The quantitative estimate of drug-likeness (QED) is 0.841. The minimum Gasteiger partial charge on any atom is -0.378 e. The zero-order valence-electron chi connectivity index (χ0n) is 13.1. The third kappa shape index (κ3) is 4.83. The monoisotopic (exact) mass is 328 g/mol. The van der Waals surface area contributed by atoms with Crippen molar-refractivity contribution in [1.82, 2.24) is 10.3 Å². The van der Waals surface area contributed by atoms with Crippen LogP contribution in [0, 0.1) is 5.92 Å². The molecule has 0 unspecified atom stereocenters. The van der Waals surface area contributed by atoms with Gasteiger partial charge in [-0.3, -0.25) is 4.79 Å². The zero-order valence-corrected chi connectivity index (χ0v) is 13.9. The molecule has 0 aliphatic carbocycles. The number of pyridine rings is 1.